The highest BCUT2D eigenvalue weighted by atomic mass is 16.4. The quantitative estimate of drug-likeness (QED) is 0.480. The molecule has 0 saturated carbocycles. The largest absolute Gasteiger partial charge is 0.508 e. The van der Waals surface area contributed by atoms with E-state index < -0.39 is 12.4 Å². The van der Waals surface area contributed by atoms with Crippen LogP contribution in [0.25, 0.3) is 0 Å². The monoisotopic (exact) mass is 294 g/mol. The molecule has 1 aromatic carbocycles. The maximum absolute atomic E-state index is 12.2. The van der Waals surface area contributed by atoms with Crippen LogP contribution in [0.15, 0.2) is 12.1 Å². The molecule has 116 valence electrons. The highest BCUT2D eigenvalue weighted by molar-refractivity contribution is 6.01. The lowest BCUT2D eigenvalue weighted by Gasteiger charge is -2.10. The van der Waals surface area contributed by atoms with Gasteiger partial charge in [-0.05, 0) is 18.1 Å². The fourth-order valence-corrected chi connectivity index (χ4v) is 2.31. The zero-order chi connectivity index (χ0) is 15.8. The molecule has 21 heavy (non-hydrogen) atoms. The van der Waals surface area contributed by atoms with Crippen molar-refractivity contribution >= 4 is 11.8 Å². The number of hydrogen-bond donors (Lipinski definition) is 3. The van der Waals surface area contributed by atoms with Gasteiger partial charge in [-0.15, -0.1) is 0 Å². The summed E-state index contributed by atoms with van der Waals surface area (Å²) in [5.74, 6) is -2.00. The van der Waals surface area contributed by atoms with Gasteiger partial charge in [-0.1, -0.05) is 32.6 Å². The van der Waals surface area contributed by atoms with Gasteiger partial charge in [0.2, 0.25) is 0 Å². The molecule has 0 heterocycles. The van der Waals surface area contributed by atoms with Crippen LogP contribution in [0, 0.1) is 0 Å². The number of Topliss-reactive ketones (excluding diaryl/α,β-unsaturated/α-hetero) is 1. The number of phenols is 2. The number of benzene rings is 1. The molecule has 0 aliphatic rings. The Morgan fingerprint density at radius 3 is 2.33 bits per heavy atom. The molecule has 0 aliphatic heterocycles. The zero-order valence-corrected chi connectivity index (χ0v) is 12.3. The molecule has 0 unspecified atom stereocenters. The van der Waals surface area contributed by atoms with E-state index in [-0.39, 0.29) is 34.8 Å². The van der Waals surface area contributed by atoms with Gasteiger partial charge in [0, 0.05) is 12.5 Å². The number of aromatic hydroxyl groups is 2. The van der Waals surface area contributed by atoms with Crippen molar-refractivity contribution in [3.05, 3.63) is 23.3 Å². The van der Waals surface area contributed by atoms with E-state index in [1.165, 1.54) is 6.07 Å². The number of aliphatic carboxylic acids is 1. The van der Waals surface area contributed by atoms with E-state index in [1.807, 2.05) is 0 Å². The summed E-state index contributed by atoms with van der Waals surface area (Å²) in [6.07, 6.45) is 4.83. The van der Waals surface area contributed by atoms with E-state index in [0.29, 0.717) is 6.42 Å². The molecular formula is C16H22O5. The van der Waals surface area contributed by atoms with E-state index in [0.717, 1.165) is 31.7 Å². The summed E-state index contributed by atoms with van der Waals surface area (Å²) in [7, 11) is 0. The van der Waals surface area contributed by atoms with Crippen molar-refractivity contribution in [2.24, 2.45) is 0 Å². The van der Waals surface area contributed by atoms with Crippen molar-refractivity contribution < 1.29 is 24.9 Å². The first kappa shape index (κ1) is 17.0. The van der Waals surface area contributed by atoms with Gasteiger partial charge < -0.3 is 15.3 Å². The molecule has 1 aromatic rings. The standard InChI is InChI=1S/C16H22O5/c1-2-3-4-5-6-7-13(18)16-11(9-15(20)21)8-12(17)10-14(16)19/h8,10,17,19H,2-7,9H2,1H3,(H,20,21). The number of carbonyl (C=O) groups is 2. The number of carbonyl (C=O) groups excluding carboxylic acids is 1. The molecule has 5 heteroatoms. The summed E-state index contributed by atoms with van der Waals surface area (Å²) < 4.78 is 0. The summed E-state index contributed by atoms with van der Waals surface area (Å²) in [5.41, 5.74) is 0.171. The fourth-order valence-electron chi connectivity index (χ4n) is 2.31. The van der Waals surface area contributed by atoms with Crippen LogP contribution < -0.4 is 0 Å². The average Bonchev–Trinajstić information content (AvgIpc) is 2.36. The van der Waals surface area contributed by atoms with Crippen LogP contribution >= 0.6 is 0 Å². The van der Waals surface area contributed by atoms with Crippen LogP contribution in [-0.2, 0) is 11.2 Å². The molecule has 0 aliphatic carbocycles. The van der Waals surface area contributed by atoms with Crippen LogP contribution in [0.5, 0.6) is 11.5 Å². The minimum Gasteiger partial charge on any atom is -0.508 e. The van der Waals surface area contributed by atoms with E-state index in [9.17, 15) is 19.8 Å². The second-order valence-electron chi connectivity index (χ2n) is 5.16. The van der Waals surface area contributed by atoms with Gasteiger partial charge >= 0.3 is 5.97 Å². The van der Waals surface area contributed by atoms with Crippen LogP contribution in [0.2, 0.25) is 0 Å². The molecule has 0 saturated heterocycles. The van der Waals surface area contributed by atoms with E-state index in [2.05, 4.69) is 6.92 Å². The van der Waals surface area contributed by atoms with Crippen LogP contribution in [0.3, 0.4) is 0 Å². The lowest BCUT2D eigenvalue weighted by Crippen LogP contribution is -2.09. The number of hydrogen-bond acceptors (Lipinski definition) is 4. The first-order chi connectivity index (χ1) is 9.95. The Morgan fingerprint density at radius 2 is 1.71 bits per heavy atom. The molecular weight excluding hydrogens is 272 g/mol. The molecule has 3 N–H and O–H groups in total. The Balaban J connectivity index is 2.79. The number of phenolic OH excluding ortho intramolecular Hbond substituents is 2. The van der Waals surface area contributed by atoms with Crippen molar-refractivity contribution in [2.75, 3.05) is 0 Å². The predicted octanol–water partition coefficient (Wildman–Crippen LogP) is 3.27. The van der Waals surface area contributed by atoms with Crippen LogP contribution in [0.4, 0.5) is 0 Å². The highest BCUT2D eigenvalue weighted by Crippen LogP contribution is 2.29. The number of rotatable bonds is 9. The summed E-state index contributed by atoms with van der Waals surface area (Å²) >= 11 is 0. The number of unbranched alkanes of at least 4 members (excludes halogenated alkanes) is 4. The van der Waals surface area contributed by atoms with Crippen LogP contribution in [0.1, 0.15) is 61.4 Å². The Kier molecular flexibility index (Phi) is 6.72. The summed E-state index contributed by atoms with van der Waals surface area (Å²) in [6, 6.07) is 2.29. The van der Waals surface area contributed by atoms with Gasteiger partial charge in [0.1, 0.15) is 11.5 Å². The smallest absolute Gasteiger partial charge is 0.307 e. The third-order valence-corrected chi connectivity index (χ3v) is 3.31. The van der Waals surface area contributed by atoms with Gasteiger partial charge in [0.25, 0.3) is 0 Å². The van der Waals surface area contributed by atoms with Crippen LogP contribution in [-0.4, -0.2) is 27.1 Å². The second kappa shape index (κ2) is 8.29. The summed E-state index contributed by atoms with van der Waals surface area (Å²) in [6.45, 7) is 2.11. The number of ketones is 1. The van der Waals surface area contributed by atoms with Gasteiger partial charge in [-0.3, -0.25) is 9.59 Å². The average molecular weight is 294 g/mol. The van der Waals surface area contributed by atoms with Crippen molar-refractivity contribution in [3.63, 3.8) is 0 Å². The van der Waals surface area contributed by atoms with E-state index in [4.69, 9.17) is 5.11 Å². The molecule has 0 fully saturated rings. The number of carboxylic acid groups (broad SMARTS) is 1. The minimum atomic E-state index is -1.11. The molecule has 0 bridgehead atoms. The SMILES string of the molecule is CCCCCCCC(=O)c1c(O)cc(O)cc1CC(=O)O. The molecule has 0 aromatic heterocycles. The van der Waals surface area contributed by atoms with Crippen molar-refractivity contribution in [1.29, 1.82) is 0 Å². The Hall–Kier alpha value is -2.04. The molecule has 0 atom stereocenters. The molecule has 0 amide bonds. The second-order valence-corrected chi connectivity index (χ2v) is 5.16. The van der Waals surface area contributed by atoms with Gasteiger partial charge in [0.15, 0.2) is 5.78 Å². The van der Waals surface area contributed by atoms with Gasteiger partial charge in [-0.25, -0.2) is 0 Å². The fraction of sp³-hybridized carbons (Fsp3) is 0.500. The third-order valence-electron chi connectivity index (χ3n) is 3.31. The molecule has 0 radical (unpaired) electrons. The first-order valence-corrected chi connectivity index (χ1v) is 7.25. The normalized spacial score (nSPS) is 10.5. The molecule has 1 rings (SSSR count). The predicted molar refractivity (Wildman–Crippen MR) is 78.8 cm³/mol. The third kappa shape index (κ3) is 5.45. The summed E-state index contributed by atoms with van der Waals surface area (Å²) in [4.78, 5) is 23.0. The zero-order valence-electron chi connectivity index (χ0n) is 12.3. The lowest BCUT2D eigenvalue weighted by atomic mass is 9.96. The molecule has 0 spiro atoms. The topological polar surface area (TPSA) is 94.8 Å². The van der Waals surface area contributed by atoms with Crippen molar-refractivity contribution in [1.82, 2.24) is 0 Å². The van der Waals surface area contributed by atoms with Gasteiger partial charge in [-0.2, -0.15) is 0 Å². The minimum absolute atomic E-state index is 0.0192. The maximum atomic E-state index is 12.2. The summed E-state index contributed by atoms with van der Waals surface area (Å²) in [5, 5.41) is 28.1. The van der Waals surface area contributed by atoms with Crippen molar-refractivity contribution in [2.45, 2.75) is 51.9 Å². The van der Waals surface area contributed by atoms with Gasteiger partial charge in [0.05, 0.1) is 12.0 Å². The lowest BCUT2D eigenvalue weighted by molar-refractivity contribution is -0.136. The molecule has 5 nitrogen and oxygen atoms in total. The Bertz CT molecular complexity index is 508. The van der Waals surface area contributed by atoms with E-state index in [1.54, 1.807) is 0 Å². The van der Waals surface area contributed by atoms with Crippen molar-refractivity contribution in [3.8, 4) is 11.5 Å². The van der Waals surface area contributed by atoms with E-state index >= 15 is 0 Å². The Labute approximate surface area is 124 Å². The number of carboxylic acids is 1. The maximum Gasteiger partial charge on any atom is 0.307 e. The highest BCUT2D eigenvalue weighted by Gasteiger charge is 2.19. The first-order valence-electron chi connectivity index (χ1n) is 7.25. The Morgan fingerprint density at radius 1 is 1.05 bits per heavy atom.